The average Bonchev–Trinajstić information content (AvgIpc) is 3.31. The van der Waals surface area contributed by atoms with Crippen LogP contribution in [0.1, 0.15) is 47.9 Å². The minimum absolute atomic E-state index is 0.170. The zero-order chi connectivity index (χ0) is 28.4. The monoisotopic (exact) mass is 598 g/mol. The van der Waals surface area contributed by atoms with Gasteiger partial charge in [-0.2, -0.15) is 5.10 Å². The van der Waals surface area contributed by atoms with E-state index in [0.29, 0.717) is 44.0 Å². The number of rotatable bonds is 8. The third kappa shape index (κ3) is 5.73. The smallest absolute Gasteiger partial charge is 0.263 e. The normalized spacial score (nSPS) is 15.7. The first kappa shape index (κ1) is 28.1. The number of hydrogen-bond acceptors (Lipinski definition) is 7. The lowest BCUT2D eigenvalue weighted by Crippen LogP contribution is -2.34. The lowest BCUT2D eigenvalue weighted by molar-refractivity contribution is -0.123. The van der Waals surface area contributed by atoms with E-state index in [1.165, 1.54) is 29.1 Å². The van der Waals surface area contributed by atoms with Gasteiger partial charge in [0.05, 0.1) is 25.0 Å². The van der Waals surface area contributed by atoms with Crippen molar-refractivity contribution < 1.29 is 14.3 Å². The number of carbonyl (C=O) groups excluding carboxylic acids is 1. The number of halogens is 2. The summed E-state index contributed by atoms with van der Waals surface area (Å²) in [4.78, 5) is 32.7. The number of methoxy groups -OCH3 is 1. The maximum atomic E-state index is 13.3. The predicted octanol–water partition coefficient (Wildman–Crippen LogP) is 6.19. The van der Waals surface area contributed by atoms with Gasteiger partial charge in [-0.05, 0) is 73.6 Å². The minimum atomic E-state index is -0.790. The molecule has 0 aliphatic heterocycles. The number of nitrogens with zero attached hydrogens (tertiary/aromatic N) is 3. The van der Waals surface area contributed by atoms with Gasteiger partial charge in [-0.15, -0.1) is 11.3 Å². The Morgan fingerprint density at radius 3 is 2.80 bits per heavy atom. The zero-order valence-corrected chi connectivity index (χ0v) is 24.6. The highest BCUT2D eigenvalue weighted by atomic mass is 35.5. The number of carbonyl (C=O) groups is 1. The van der Waals surface area contributed by atoms with E-state index < -0.39 is 11.9 Å². The Labute approximate surface area is 245 Å². The Hall–Kier alpha value is -3.40. The molecule has 0 saturated heterocycles. The number of benzene rings is 2. The fraction of sp³-hybridized carbons (Fsp3) is 0.310. The number of hydrogen-bond donors (Lipinski definition) is 1. The van der Waals surface area contributed by atoms with E-state index in [1.54, 1.807) is 54.7 Å². The van der Waals surface area contributed by atoms with E-state index in [4.69, 9.17) is 32.7 Å². The second-order valence-corrected chi connectivity index (χ2v) is 11.7. The van der Waals surface area contributed by atoms with Crippen molar-refractivity contribution >= 4 is 56.9 Å². The summed E-state index contributed by atoms with van der Waals surface area (Å²) in [5.74, 6) is 1.15. The van der Waals surface area contributed by atoms with Crippen molar-refractivity contribution in [2.24, 2.45) is 11.0 Å². The van der Waals surface area contributed by atoms with E-state index in [-0.39, 0.29) is 12.2 Å². The first-order chi connectivity index (χ1) is 19.3. The van der Waals surface area contributed by atoms with Gasteiger partial charge in [-0.1, -0.05) is 36.2 Å². The van der Waals surface area contributed by atoms with Crippen LogP contribution >= 0.6 is 34.5 Å². The molecule has 0 saturated carbocycles. The van der Waals surface area contributed by atoms with Gasteiger partial charge in [-0.25, -0.2) is 10.4 Å². The van der Waals surface area contributed by atoms with Gasteiger partial charge in [-0.3, -0.25) is 14.2 Å². The fourth-order valence-corrected chi connectivity index (χ4v) is 6.56. The summed E-state index contributed by atoms with van der Waals surface area (Å²) in [5, 5.41) is 5.76. The van der Waals surface area contributed by atoms with Crippen LogP contribution < -0.4 is 20.5 Å². The standard InChI is InChI=1S/C29H28Cl2N4O4S/c1-16-7-9-19-25(11-16)40-28-26(19)29(37)35(15-32-28)17(2)27(36)34-33-13-18-8-10-23(24(12-18)38-3)39-14-20-21(30)5-4-6-22(20)31/h4-6,8,10,12-13,15-17H,7,9,11,14H2,1-3H3,(H,34,36)/b33-13-/t16-,17-/m1/s1. The molecular weight excluding hydrogens is 571 g/mol. The molecule has 208 valence electrons. The maximum absolute atomic E-state index is 13.3. The molecule has 2 aromatic carbocycles. The lowest BCUT2D eigenvalue weighted by atomic mass is 9.89. The number of thiophene rings is 1. The summed E-state index contributed by atoms with van der Waals surface area (Å²) in [6, 6.07) is 9.71. The van der Waals surface area contributed by atoms with Crippen LogP contribution in [0, 0.1) is 5.92 Å². The highest BCUT2D eigenvalue weighted by Gasteiger charge is 2.25. The number of ether oxygens (including phenoxy) is 2. The molecule has 1 N–H and O–H groups in total. The molecule has 11 heteroatoms. The topological polar surface area (TPSA) is 94.8 Å². The molecule has 4 aromatic rings. The summed E-state index contributed by atoms with van der Waals surface area (Å²) >= 11 is 14.0. The molecule has 0 bridgehead atoms. The van der Waals surface area contributed by atoms with E-state index >= 15 is 0 Å². The minimum Gasteiger partial charge on any atom is -0.493 e. The molecule has 5 rings (SSSR count). The van der Waals surface area contributed by atoms with Gasteiger partial charge in [0, 0.05) is 20.5 Å². The van der Waals surface area contributed by atoms with Gasteiger partial charge in [0.2, 0.25) is 0 Å². The molecule has 0 unspecified atom stereocenters. The second kappa shape index (κ2) is 12.0. The van der Waals surface area contributed by atoms with Crippen molar-refractivity contribution in [2.75, 3.05) is 7.11 Å². The van der Waals surface area contributed by atoms with Crippen LogP contribution in [0.4, 0.5) is 0 Å². The Kier molecular flexibility index (Phi) is 8.44. The molecular formula is C29H28Cl2N4O4S. The third-order valence-corrected chi connectivity index (χ3v) is 8.92. The number of fused-ring (bicyclic) bond motifs is 3. The molecule has 2 atom stereocenters. The largest absolute Gasteiger partial charge is 0.493 e. The van der Waals surface area contributed by atoms with E-state index in [2.05, 4.69) is 22.4 Å². The molecule has 1 amide bonds. The molecule has 0 radical (unpaired) electrons. The van der Waals surface area contributed by atoms with Crippen LogP contribution in [0.3, 0.4) is 0 Å². The molecule has 1 aliphatic carbocycles. The van der Waals surface area contributed by atoms with Gasteiger partial charge in [0.1, 0.15) is 17.5 Å². The summed E-state index contributed by atoms with van der Waals surface area (Å²) < 4.78 is 12.7. The van der Waals surface area contributed by atoms with Crippen molar-refractivity contribution in [3.63, 3.8) is 0 Å². The van der Waals surface area contributed by atoms with Crippen LogP contribution in [-0.2, 0) is 24.2 Å². The number of hydrazone groups is 1. The lowest BCUT2D eigenvalue weighted by Gasteiger charge is -2.18. The van der Waals surface area contributed by atoms with Gasteiger partial charge < -0.3 is 9.47 Å². The Bertz CT molecular complexity index is 1650. The van der Waals surface area contributed by atoms with E-state index in [9.17, 15) is 9.59 Å². The second-order valence-electron chi connectivity index (χ2n) is 9.80. The van der Waals surface area contributed by atoms with Crippen LogP contribution in [0.15, 0.2) is 52.6 Å². The Balaban J connectivity index is 1.26. The van der Waals surface area contributed by atoms with Crippen molar-refractivity contribution in [1.29, 1.82) is 0 Å². The first-order valence-electron chi connectivity index (χ1n) is 12.8. The average molecular weight is 600 g/mol. The Morgan fingerprint density at radius 2 is 2.05 bits per heavy atom. The molecule has 0 spiro atoms. The summed E-state index contributed by atoms with van der Waals surface area (Å²) in [6.07, 6.45) is 5.81. The SMILES string of the molecule is COc1cc(/C=N\NC(=O)[C@@H](C)n2cnc3sc4c(c3c2=O)CC[C@@H](C)C4)ccc1OCc1c(Cl)cccc1Cl. The van der Waals surface area contributed by atoms with Crippen LogP contribution in [0.5, 0.6) is 11.5 Å². The maximum Gasteiger partial charge on any atom is 0.263 e. The van der Waals surface area contributed by atoms with Crippen molar-refractivity contribution in [1.82, 2.24) is 15.0 Å². The highest BCUT2D eigenvalue weighted by molar-refractivity contribution is 7.18. The van der Waals surface area contributed by atoms with Crippen LogP contribution in [0.25, 0.3) is 10.2 Å². The predicted molar refractivity (Wildman–Crippen MR) is 159 cm³/mol. The van der Waals surface area contributed by atoms with Crippen LogP contribution in [-0.4, -0.2) is 28.8 Å². The van der Waals surface area contributed by atoms with Gasteiger partial charge in [0.25, 0.3) is 11.5 Å². The molecule has 2 aromatic heterocycles. The van der Waals surface area contributed by atoms with Gasteiger partial charge in [0.15, 0.2) is 11.5 Å². The number of aryl methyl sites for hydroxylation is 1. The molecule has 1 aliphatic rings. The first-order valence-corrected chi connectivity index (χ1v) is 14.4. The molecule has 2 heterocycles. The van der Waals surface area contributed by atoms with Crippen molar-refractivity contribution in [2.45, 2.75) is 45.8 Å². The molecule has 0 fully saturated rings. The fourth-order valence-electron chi connectivity index (χ4n) is 4.71. The van der Waals surface area contributed by atoms with E-state index in [1.807, 2.05) is 0 Å². The van der Waals surface area contributed by atoms with Crippen molar-refractivity contribution in [3.8, 4) is 11.5 Å². The number of amides is 1. The summed E-state index contributed by atoms with van der Waals surface area (Å²) in [7, 11) is 1.53. The zero-order valence-electron chi connectivity index (χ0n) is 22.2. The van der Waals surface area contributed by atoms with Crippen LogP contribution in [0.2, 0.25) is 10.0 Å². The van der Waals surface area contributed by atoms with Crippen molar-refractivity contribution in [3.05, 3.63) is 84.7 Å². The van der Waals surface area contributed by atoms with E-state index in [0.717, 1.165) is 29.7 Å². The summed E-state index contributed by atoms with van der Waals surface area (Å²) in [5.41, 5.74) is 4.77. The number of aromatic nitrogens is 2. The molecule has 40 heavy (non-hydrogen) atoms. The highest BCUT2D eigenvalue weighted by Crippen LogP contribution is 2.36. The Morgan fingerprint density at radius 1 is 1.27 bits per heavy atom. The van der Waals surface area contributed by atoms with Gasteiger partial charge >= 0.3 is 0 Å². The number of nitrogens with one attached hydrogen (secondary N) is 1. The quantitative estimate of drug-likeness (QED) is 0.193. The summed E-state index contributed by atoms with van der Waals surface area (Å²) in [6.45, 7) is 4.05. The molecule has 8 nitrogen and oxygen atoms in total. The third-order valence-electron chi connectivity index (χ3n) is 7.05.